The van der Waals surface area contributed by atoms with Crippen molar-refractivity contribution in [3.05, 3.63) is 22.4 Å². The summed E-state index contributed by atoms with van der Waals surface area (Å²) in [5, 5.41) is 1.96. The number of nitrogens with zero attached hydrogens (tertiary/aromatic N) is 1. The molecule has 3 nitrogen and oxygen atoms in total. The van der Waals surface area contributed by atoms with Gasteiger partial charge in [0, 0.05) is 6.54 Å². The van der Waals surface area contributed by atoms with Crippen LogP contribution in [-0.2, 0) is 4.74 Å². The van der Waals surface area contributed by atoms with Crippen molar-refractivity contribution in [2.45, 2.75) is 37.8 Å². The number of fused-ring (bicyclic) bond motifs is 1. The number of rotatable bonds is 1. The second kappa shape index (κ2) is 4.78. The van der Waals surface area contributed by atoms with Crippen molar-refractivity contribution in [2.75, 3.05) is 13.2 Å². The third kappa shape index (κ3) is 2.11. The lowest BCUT2D eigenvalue weighted by atomic mass is 9.90. The summed E-state index contributed by atoms with van der Waals surface area (Å²) in [7, 11) is 0. The van der Waals surface area contributed by atoms with Gasteiger partial charge in [-0.1, -0.05) is 18.9 Å². The van der Waals surface area contributed by atoms with Gasteiger partial charge in [-0.15, -0.1) is 11.3 Å². The monoisotopic (exact) mass is 251 g/mol. The largest absolute Gasteiger partial charge is 0.374 e. The molecule has 0 aromatic carbocycles. The number of carbonyl (C=O) groups is 1. The van der Waals surface area contributed by atoms with Crippen molar-refractivity contribution in [2.24, 2.45) is 0 Å². The Bertz CT molecular complexity index is 388. The highest BCUT2D eigenvalue weighted by molar-refractivity contribution is 7.12. The van der Waals surface area contributed by atoms with Crippen LogP contribution >= 0.6 is 11.3 Å². The number of morpholine rings is 1. The molecule has 4 heteroatoms. The van der Waals surface area contributed by atoms with Crippen LogP contribution in [0.15, 0.2) is 17.5 Å². The lowest BCUT2D eigenvalue weighted by Gasteiger charge is -2.43. The predicted octanol–water partition coefficient (Wildman–Crippen LogP) is 2.53. The minimum absolute atomic E-state index is 0.195. The normalized spacial score (nSPS) is 28.8. The molecule has 0 unspecified atom stereocenters. The van der Waals surface area contributed by atoms with Gasteiger partial charge in [0.05, 0.1) is 23.6 Å². The average Bonchev–Trinajstić information content (AvgIpc) is 2.91. The number of hydrogen-bond donors (Lipinski definition) is 0. The third-order valence-electron chi connectivity index (χ3n) is 3.72. The zero-order valence-corrected chi connectivity index (χ0v) is 10.6. The first-order valence-electron chi connectivity index (χ1n) is 6.32. The summed E-state index contributed by atoms with van der Waals surface area (Å²) in [6.07, 6.45) is 4.95. The van der Waals surface area contributed by atoms with Crippen molar-refractivity contribution in [3.63, 3.8) is 0 Å². The van der Waals surface area contributed by atoms with E-state index in [4.69, 9.17) is 4.74 Å². The first-order valence-corrected chi connectivity index (χ1v) is 7.20. The number of amides is 1. The third-order valence-corrected chi connectivity index (χ3v) is 4.58. The molecule has 3 rings (SSSR count). The Morgan fingerprint density at radius 3 is 3.12 bits per heavy atom. The summed E-state index contributed by atoms with van der Waals surface area (Å²) in [4.78, 5) is 15.3. The lowest BCUT2D eigenvalue weighted by molar-refractivity contribution is -0.0751. The molecule has 1 saturated carbocycles. The number of carbonyl (C=O) groups excluding carboxylic acids is 1. The van der Waals surface area contributed by atoms with E-state index in [0.717, 1.165) is 24.3 Å². The van der Waals surface area contributed by atoms with Gasteiger partial charge in [0.15, 0.2) is 0 Å². The van der Waals surface area contributed by atoms with Crippen LogP contribution in [0.25, 0.3) is 0 Å². The van der Waals surface area contributed by atoms with Crippen molar-refractivity contribution >= 4 is 17.2 Å². The van der Waals surface area contributed by atoms with Crippen LogP contribution in [0.1, 0.15) is 35.4 Å². The summed E-state index contributed by atoms with van der Waals surface area (Å²) >= 11 is 1.53. The molecule has 1 aliphatic carbocycles. The average molecular weight is 251 g/mol. The number of ether oxygens (including phenoxy) is 1. The van der Waals surface area contributed by atoms with Crippen molar-refractivity contribution in [1.29, 1.82) is 0 Å². The Balaban J connectivity index is 1.79. The molecule has 0 spiro atoms. The summed E-state index contributed by atoms with van der Waals surface area (Å²) in [5.41, 5.74) is 0. The van der Waals surface area contributed by atoms with Gasteiger partial charge in [-0.05, 0) is 24.3 Å². The standard InChI is InChI=1S/C13H17NO2S/c15-13(12-6-3-9-17-12)14-7-8-16-11-5-2-1-4-10(11)14/h3,6,9-11H,1-2,4-5,7-8H2/t10-,11+/m0/s1. The van der Waals surface area contributed by atoms with Crippen LogP contribution in [0, 0.1) is 0 Å². The first kappa shape index (κ1) is 11.2. The molecule has 2 heterocycles. The molecule has 1 aliphatic heterocycles. The van der Waals surface area contributed by atoms with Crippen LogP contribution < -0.4 is 0 Å². The quantitative estimate of drug-likeness (QED) is 0.767. The van der Waals surface area contributed by atoms with Gasteiger partial charge < -0.3 is 9.64 Å². The van der Waals surface area contributed by atoms with E-state index in [9.17, 15) is 4.79 Å². The minimum atomic E-state index is 0.195. The van der Waals surface area contributed by atoms with Crippen LogP contribution in [0.4, 0.5) is 0 Å². The Kier molecular flexibility index (Phi) is 3.16. The maximum absolute atomic E-state index is 12.4. The molecule has 0 N–H and O–H groups in total. The van der Waals surface area contributed by atoms with Crippen molar-refractivity contribution in [1.82, 2.24) is 4.90 Å². The SMILES string of the molecule is O=C(c1cccs1)N1CCO[C@@H]2CCCC[C@@H]21. The molecule has 1 saturated heterocycles. The molecular formula is C13H17NO2S. The Labute approximate surface area is 105 Å². The molecule has 1 aromatic heterocycles. The molecule has 92 valence electrons. The fourth-order valence-corrected chi connectivity index (χ4v) is 3.57. The summed E-state index contributed by atoms with van der Waals surface area (Å²) in [6.45, 7) is 1.44. The first-order chi connectivity index (χ1) is 8.36. The van der Waals surface area contributed by atoms with Gasteiger partial charge in [0.25, 0.3) is 5.91 Å². The molecule has 1 amide bonds. The Hall–Kier alpha value is -0.870. The maximum atomic E-state index is 12.4. The molecule has 2 aliphatic rings. The van der Waals surface area contributed by atoms with Crippen LogP contribution in [0.3, 0.4) is 0 Å². The molecule has 0 radical (unpaired) electrons. The van der Waals surface area contributed by atoms with Gasteiger partial charge in [0.1, 0.15) is 0 Å². The van der Waals surface area contributed by atoms with E-state index in [1.807, 2.05) is 22.4 Å². The molecule has 2 fully saturated rings. The van der Waals surface area contributed by atoms with Gasteiger partial charge in [-0.25, -0.2) is 0 Å². The highest BCUT2D eigenvalue weighted by Gasteiger charge is 2.37. The molecule has 2 atom stereocenters. The predicted molar refractivity (Wildman–Crippen MR) is 67.4 cm³/mol. The second-order valence-electron chi connectivity index (χ2n) is 4.74. The van der Waals surface area contributed by atoms with E-state index < -0.39 is 0 Å². The lowest BCUT2D eigenvalue weighted by Crippen LogP contribution is -2.54. The fourth-order valence-electron chi connectivity index (χ4n) is 2.89. The number of hydrogen-bond acceptors (Lipinski definition) is 3. The van der Waals surface area contributed by atoms with E-state index in [0.29, 0.717) is 12.6 Å². The highest BCUT2D eigenvalue weighted by Crippen LogP contribution is 2.29. The fraction of sp³-hybridized carbons (Fsp3) is 0.615. The molecule has 17 heavy (non-hydrogen) atoms. The van der Waals surface area contributed by atoms with Crippen LogP contribution in [0.2, 0.25) is 0 Å². The molecule has 0 bridgehead atoms. The van der Waals surface area contributed by atoms with E-state index in [1.54, 1.807) is 0 Å². The summed E-state index contributed by atoms with van der Waals surface area (Å²) in [5.74, 6) is 0.195. The highest BCUT2D eigenvalue weighted by atomic mass is 32.1. The van der Waals surface area contributed by atoms with Gasteiger partial charge in [-0.2, -0.15) is 0 Å². The molecule has 1 aromatic rings. The Morgan fingerprint density at radius 1 is 1.41 bits per heavy atom. The van der Waals surface area contributed by atoms with Gasteiger partial charge in [0.2, 0.25) is 0 Å². The van der Waals surface area contributed by atoms with Crippen LogP contribution in [-0.4, -0.2) is 36.1 Å². The van der Waals surface area contributed by atoms with E-state index in [1.165, 1.54) is 24.2 Å². The van der Waals surface area contributed by atoms with Gasteiger partial charge >= 0.3 is 0 Å². The zero-order chi connectivity index (χ0) is 11.7. The smallest absolute Gasteiger partial charge is 0.264 e. The van der Waals surface area contributed by atoms with Crippen molar-refractivity contribution < 1.29 is 9.53 Å². The van der Waals surface area contributed by atoms with E-state index in [-0.39, 0.29) is 12.0 Å². The summed E-state index contributed by atoms with van der Waals surface area (Å²) in [6, 6.07) is 4.17. The minimum Gasteiger partial charge on any atom is -0.374 e. The maximum Gasteiger partial charge on any atom is 0.264 e. The van der Waals surface area contributed by atoms with Crippen LogP contribution in [0.5, 0.6) is 0 Å². The number of thiophene rings is 1. The Morgan fingerprint density at radius 2 is 2.29 bits per heavy atom. The van der Waals surface area contributed by atoms with E-state index >= 15 is 0 Å². The second-order valence-corrected chi connectivity index (χ2v) is 5.68. The molecular weight excluding hydrogens is 234 g/mol. The topological polar surface area (TPSA) is 29.5 Å². The zero-order valence-electron chi connectivity index (χ0n) is 9.80. The van der Waals surface area contributed by atoms with Gasteiger partial charge in [-0.3, -0.25) is 4.79 Å². The summed E-state index contributed by atoms with van der Waals surface area (Å²) < 4.78 is 5.79. The van der Waals surface area contributed by atoms with E-state index in [2.05, 4.69) is 0 Å². The van der Waals surface area contributed by atoms with Crippen molar-refractivity contribution in [3.8, 4) is 0 Å².